The largest absolute Gasteiger partial charge is 0.486 e. The van der Waals surface area contributed by atoms with E-state index in [1.807, 2.05) is 24.3 Å². The van der Waals surface area contributed by atoms with Gasteiger partial charge in [-0.1, -0.05) is 12.1 Å². The fourth-order valence-corrected chi connectivity index (χ4v) is 2.04. The molecular formula is C12H19N2O+. The zero-order valence-corrected chi connectivity index (χ0v) is 9.04. The molecule has 3 N–H and O–H groups in total. The highest BCUT2D eigenvalue weighted by molar-refractivity contribution is 5.51. The van der Waals surface area contributed by atoms with E-state index in [1.165, 1.54) is 25.9 Å². The van der Waals surface area contributed by atoms with Gasteiger partial charge in [0.05, 0.1) is 18.8 Å². The zero-order chi connectivity index (χ0) is 10.5. The predicted molar refractivity (Wildman–Crippen MR) is 61.1 cm³/mol. The van der Waals surface area contributed by atoms with Crippen LogP contribution in [0.2, 0.25) is 0 Å². The molecule has 0 unspecified atom stereocenters. The second kappa shape index (κ2) is 5.03. The number of likely N-dealkylation sites (tertiary alicyclic amines) is 1. The Morgan fingerprint density at radius 3 is 2.67 bits per heavy atom. The fourth-order valence-electron chi connectivity index (χ4n) is 2.04. The van der Waals surface area contributed by atoms with Gasteiger partial charge in [-0.05, 0) is 12.1 Å². The second-order valence-electron chi connectivity index (χ2n) is 4.09. The first-order valence-corrected chi connectivity index (χ1v) is 5.67. The number of hydrogen-bond acceptors (Lipinski definition) is 2. The SMILES string of the molecule is Nc1ccccc1OCC[NH+]1CCCC1. The van der Waals surface area contributed by atoms with E-state index in [9.17, 15) is 0 Å². The Morgan fingerprint density at radius 2 is 1.93 bits per heavy atom. The van der Waals surface area contributed by atoms with E-state index in [4.69, 9.17) is 10.5 Å². The minimum atomic E-state index is 0.730. The van der Waals surface area contributed by atoms with Crippen LogP contribution < -0.4 is 15.4 Å². The zero-order valence-electron chi connectivity index (χ0n) is 9.04. The lowest BCUT2D eigenvalue weighted by atomic mass is 10.3. The van der Waals surface area contributed by atoms with E-state index in [0.29, 0.717) is 0 Å². The van der Waals surface area contributed by atoms with Crippen molar-refractivity contribution in [1.29, 1.82) is 0 Å². The Balaban J connectivity index is 1.75. The summed E-state index contributed by atoms with van der Waals surface area (Å²) >= 11 is 0. The smallest absolute Gasteiger partial charge is 0.142 e. The van der Waals surface area contributed by atoms with Crippen LogP contribution in [0.3, 0.4) is 0 Å². The van der Waals surface area contributed by atoms with Gasteiger partial charge in [-0.25, -0.2) is 0 Å². The van der Waals surface area contributed by atoms with E-state index in [2.05, 4.69) is 0 Å². The molecule has 1 aromatic rings. The van der Waals surface area contributed by atoms with E-state index in [1.54, 1.807) is 4.90 Å². The Kier molecular flexibility index (Phi) is 3.45. The molecule has 0 saturated carbocycles. The van der Waals surface area contributed by atoms with Crippen LogP contribution in [-0.4, -0.2) is 26.2 Å². The maximum atomic E-state index is 5.78. The molecule has 82 valence electrons. The monoisotopic (exact) mass is 207 g/mol. The van der Waals surface area contributed by atoms with Gasteiger partial charge in [0.2, 0.25) is 0 Å². The molecule has 1 fully saturated rings. The lowest BCUT2D eigenvalue weighted by Crippen LogP contribution is -3.10. The maximum absolute atomic E-state index is 5.78. The molecule has 15 heavy (non-hydrogen) atoms. The van der Waals surface area contributed by atoms with Gasteiger partial charge in [-0.2, -0.15) is 0 Å². The molecule has 0 atom stereocenters. The van der Waals surface area contributed by atoms with Crippen LogP contribution in [0.25, 0.3) is 0 Å². The van der Waals surface area contributed by atoms with Gasteiger partial charge in [-0.3, -0.25) is 0 Å². The molecule has 0 amide bonds. The highest BCUT2D eigenvalue weighted by atomic mass is 16.5. The number of para-hydroxylation sites is 2. The normalized spacial score (nSPS) is 16.8. The summed E-state index contributed by atoms with van der Waals surface area (Å²) in [5, 5.41) is 0. The first-order valence-electron chi connectivity index (χ1n) is 5.67. The summed E-state index contributed by atoms with van der Waals surface area (Å²) in [5.74, 6) is 0.816. The third kappa shape index (κ3) is 2.86. The molecular weight excluding hydrogens is 188 g/mol. The van der Waals surface area contributed by atoms with E-state index < -0.39 is 0 Å². The number of anilines is 1. The quantitative estimate of drug-likeness (QED) is 0.698. The summed E-state index contributed by atoms with van der Waals surface area (Å²) in [4.78, 5) is 1.66. The van der Waals surface area contributed by atoms with Crippen LogP contribution in [0.4, 0.5) is 5.69 Å². The van der Waals surface area contributed by atoms with Crippen molar-refractivity contribution in [2.24, 2.45) is 0 Å². The van der Waals surface area contributed by atoms with Crippen LogP contribution >= 0.6 is 0 Å². The first-order chi connectivity index (χ1) is 7.36. The predicted octanol–water partition coefficient (Wildman–Crippen LogP) is 0.326. The Labute approximate surface area is 90.8 Å². The molecule has 3 heteroatoms. The number of quaternary nitrogens is 1. The number of rotatable bonds is 4. The lowest BCUT2D eigenvalue weighted by molar-refractivity contribution is -0.887. The third-order valence-electron chi connectivity index (χ3n) is 2.94. The molecule has 0 radical (unpaired) electrons. The van der Waals surface area contributed by atoms with Crippen molar-refractivity contribution in [3.05, 3.63) is 24.3 Å². The summed E-state index contributed by atoms with van der Waals surface area (Å²) < 4.78 is 5.65. The molecule has 1 heterocycles. The second-order valence-corrected chi connectivity index (χ2v) is 4.09. The molecule has 1 aliphatic heterocycles. The molecule has 1 aliphatic rings. The first kappa shape index (κ1) is 10.3. The van der Waals surface area contributed by atoms with Gasteiger partial charge in [-0.15, -0.1) is 0 Å². The van der Waals surface area contributed by atoms with E-state index in [-0.39, 0.29) is 0 Å². The van der Waals surface area contributed by atoms with Gasteiger partial charge < -0.3 is 15.4 Å². The molecule has 2 rings (SSSR count). The van der Waals surface area contributed by atoms with Crippen molar-refractivity contribution in [1.82, 2.24) is 0 Å². The van der Waals surface area contributed by atoms with Crippen molar-refractivity contribution in [3.63, 3.8) is 0 Å². The Hall–Kier alpha value is -1.22. The highest BCUT2D eigenvalue weighted by Crippen LogP contribution is 2.19. The van der Waals surface area contributed by atoms with Crippen molar-refractivity contribution in [2.45, 2.75) is 12.8 Å². The van der Waals surface area contributed by atoms with Crippen LogP contribution in [0, 0.1) is 0 Å². The molecule has 0 bridgehead atoms. The molecule has 0 aliphatic carbocycles. The minimum absolute atomic E-state index is 0.730. The standard InChI is InChI=1S/C12H18N2O/c13-11-5-1-2-6-12(11)15-10-9-14-7-3-4-8-14/h1-2,5-6H,3-4,7-10,13H2/p+1. The number of hydrogen-bond donors (Lipinski definition) is 2. The van der Waals surface area contributed by atoms with Crippen LogP contribution in [0.5, 0.6) is 5.75 Å². The van der Waals surface area contributed by atoms with Crippen LogP contribution in [0.1, 0.15) is 12.8 Å². The summed E-state index contributed by atoms with van der Waals surface area (Å²) in [7, 11) is 0. The molecule has 1 saturated heterocycles. The van der Waals surface area contributed by atoms with Crippen molar-refractivity contribution >= 4 is 5.69 Å². The number of nitrogens with two attached hydrogens (primary N) is 1. The Morgan fingerprint density at radius 1 is 1.20 bits per heavy atom. The minimum Gasteiger partial charge on any atom is -0.486 e. The maximum Gasteiger partial charge on any atom is 0.142 e. The van der Waals surface area contributed by atoms with Gasteiger partial charge in [0.25, 0.3) is 0 Å². The number of benzene rings is 1. The van der Waals surface area contributed by atoms with Gasteiger partial charge in [0, 0.05) is 12.8 Å². The number of ether oxygens (including phenoxy) is 1. The van der Waals surface area contributed by atoms with Crippen LogP contribution in [-0.2, 0) is 0 Å². The van der Waals surface area contributed by atoms with Gasteiger partial charge >= 0.3 is 0 Å². The van der Waals surface area contributed by atoms with Crippen LogP contribution in [0.15, 0.2) is 24.3 Å². The Bertz CT molecular complexity index is 308. The van der Waals surface area contributed by atoms with Crippen molar-refractivity contribution in [3.8, 4) is 5.75 Å². The molecule has 1 aromatic carbocycles. The lowest BCUT2D eigenvalue weighted by Gasteiger charge is -2.13. The summed E-state index contributed by atoms with van der Waals surface area (Å²) in [6.45, 7) is 4.46. The summed E-state index contributed by atoms with van der Waals surface area (Å²) in [6, 6.07) is 7.68. The average Bonchev–Trinajstić information content (AvgIpc) is 2.74. The van der Waals surface area contributed by atoms with Crippen molar-refractivity contribution in [2.75, 3.05) is 32.0 Å². The third-order valence-corrected chi connectivity index (χ3v) is 2.94. The van der Waals surface area contributed by atoms with Crippen molar-refractivity contribution < 1.29 is 9.64 Å². The molecule has 0 spiro atoms. The van der Waals surface area contributed by atoms with E-state index in [0.717, 1.165) is 24.6 Å². The molecule has 3 nitrogen and oxygen atoms in total. The van der Waals surface area contributed by atoms with Gasteiger partial charge in [0.15, 0.2) is 0 Å². The highest BCUT2D eigenvalue weighted by Gasteiger charge is 2.14. The average molecular weight is 207 g/mol. The topological polar surface area (TPSA) is 39.7 Å². The summed E-state index contributed by atoms with van der Waals surface area (Å²) in [6.07, 6.45) is 2.73. The number of nitrogen functional groups attached to an aromatic ring is 1. The molecule has 0 aromatic heterocycles. The fraction of sp³-hybridized carbons (Fsp3) is 0.500. The number of nitrogens with one attached hydrogen (secondary N) is 1. The van der Waals surface area contributed by atoms with E-state index >= 15 is 0 Å². The summed E-state index contributed by atoms with van der Waals surface area (Å²) in [5.41, 5.74) is 6.51. The van der Waals surface area contributed by atoms with Gasteiger partial charge in [0.1, 0.15) is 18.9 Å².